The number of nitrogen functional groups attached to an aromatic ring is 2. The van der Waals surface area contributed by atoms with E-state index in [-0.39, 0.29) is 29.3 Å². The molecule has 0 aliphatic heterocycles. The Kier molecular flexibility index (Phi) is 8.73. The Labute approximate surface area is 171 Å². The van der Waals surface area contributed by atoms with Crippen LogP contribution in [0.25, 0.3) is 0 Å². The molecule has 0 unspecified atom stereocenters. The molecule has 2 aromatic rings. The molecule has 2 rings (SSSR count). The van der Waals surface area contributed by atoms with E-state index in [1.165, 1.54) is 36.4 Å². The number of anilines is 2. The standard InChI is InChI=1S/2C7H9NO2S2.Zn/c2*1-12(9,10)5-2-3-7(11)6(8)4-5;/h2*2-4,11H,8H2,1H3;/q;;+2/p-2. The Balaban J connectivity index is 0.000000443. The summed E-state index contributed by atoms with van der Waals surface area (Å²) >= 11 is 9.63. The Morgan fingerprint density at radius 2 is 1.00 bits per heavy atom. The Morgan fingerprint density at radius 3 is 1.20 bits per heavy atom. The van der Waals surface area contributed by atoms with Crippen molar-refractivity contribution in [2.75, 3.05) is 24.0 Å². The Morgan fingerprint density at radius 1 is 0.720 bits per heavy atom. The van der Waals surface area contributed by atoms with Gasteiger partial charge in [0.05, 0.1) is 9.79 Å². The van der Waals surface area contributed by atoms with Crippen molar-refractivity contribution in [2.45, 2.75) is 19.6 Å². The van der Waals surface area contributed by atoms with Gasteiger partial charge in [-0.15, -0.1) is 0 Å². The molecule has 132 valence electrons. The molecule has 0 bridgehead atoms. The average Bonchev–Trinajstić information content (AvgIpc) is 2.43. The molecule has 0 spiro atoms. The van der Waals surface area contributed by atoms with Crippen molar-refractivity contribution in [3.63, 3.8) is 0 Å². The van der Waals surface area contributed by atoms with E-state index in [1.807, 2.05) is 0 Å². The van der Waals surface area contributed by atoms with Crippen LogP contribution in [0.15, 0.2) is 56.0 Å². The first kappa shape index (κ1) is 24.0. The molecule has 6 nitrogen and oxygen atoms in total. The van der Waals surface area contributed by atoms with Crippen molar-refractivity contribution < 1.29 is 36.3 Å². The topological polar surface area (TPSA) is 120 Å². The molecule has 4 N–H and O–H groups in total. The molecule has 0 saturated heterocycles. The maximum atomic E-state index is 11.0. The molecule has 11 heteroatoms. The van der Waals surface area contributed by atoms with E-state index in [9.17, 15) is 16.8 Å². The maximum absolute atomic E-state index is 11.0. The molecular weight excluding hydrogens is 454 g/mol. The second kappa shape index (κ2) is 9.09. The van der Waals surface area contributed by atoms with Crippen molar-refractivity contribution in [1.29, 1.82) is 0 Å². The Bertz CT molecular complexity index is 881. The van der Waals surface area contributed by atoms with Gasteiger partial charge in [-0.1, -0.05) is 12.1 Å². The van der Waals surface area contributed by atoms with Crippen molar-refractivity contribution in [2.24, 2.45) is 0 Å². The summed E-state index contributed by atoms with van der Waals surface area (Å²) in [5.74, 6) is 0. The van der Waals surface area contributed by atoms with E-state index in [0.29, 0.717) is 21.2 Å². The van der Waals surface area contributed by atoms with Crippen LogP contribution < -0.4 is 11.5 Å². The number of rotatable bonds is 2. The van der Waals surface area contributed by atoms with Gasteiger partial charge >= 0.3 is 19.5 Å². The number of hydrogen-bond acceptors (Lipinski definition) is 8. The predicted molar refractivity (Wildman–Crippen MR) is 99.2 cm³/mol. The zero-order valence-electron chi connectivity index (χ0n) is 13.6. The van der Waals surface area contributed by atoms with E-state index in [0.717, 1.165) is 12.5 Å². The average molecular weight is 470 g/mol. The first-order valence-corrected chi connectivity index (χ1v) is 11.0. The van der Waals surface area contributed by atoms with Crippen LogP contribution in [0.2, 0.25) is 0 Å². The zero-order chi connectivity index (χ0) is 18.7. The second-order valence-corrected chi connectivity index (χ2v) is 9.85. The minimum atomic E-state index is -3.17. The largest absolute Gasteiger partial charge is 2.00 e. The van der Waals surface area contributed by atoms with E-state index >= 15 is 0 Å². The van der Waals surface area contributed by atoms with E-state index in [4.69, 9.17) is 36.7 Å². The molecule has 0 atom stereocenters. The van der Waals surface area contributed by atoms with Gasteiger partial charge in [0, 0.05) is 23.9 Å². The quantitative estimate of drug-likeness (QED) is 0.382. The molecule has 0 aliphatic rings. The number of nitrogens with two attached hydrogens (primary N) is 2. The van der Waals surface area contributed by atoms with Crippen molar-refractivity contribution >= 4 is 56.3 Å². The summed E-state index contributed by atoms with van der Waals surface area (Å²) in [6.45, 7) is 0. The summed E-state index contributed by atoms with van der Waals surface area (Å²) in [4.78, 5) is 1.35. The first-order valence-electron chi connectivity index (χ1n) is 6.35. The van der Waals surface area contributed by atoms with Crippen molar-refractivity contribution in [1.82, 2.24) is 0 Å². The normalized spacial score (nSPS) is 11.0. The van der Waals surface area contributed by atoms with Gasteiger partial charge in [0.2, 0.25) is 0 Å². The van der Waals surface area contributed by atoms with Crippen LogP contribution in [0.4, 0.5) is 11.4 Å². The summed E-state index contributed by atoms with van der Waals surface area (Å²) in [5.41, 5.74) is 11.6. The van der Waals surface area contributed by atoms with Gasteiger partial charge < -0.3 is 36.7 Å². The molecule has 0 aromatic heterocycles. The summed E-state index contributed by atoms with van der Waals surface area (Å²) in [6.07, 6.45) is 2.26. The van der Waals surface area contributed by atoms with Gasteiger partial charge in [0.25, 0.3) is 0 Å². The van der Waals surface area contributed by atoms with Crippen LogP contribution >= 0.6 is 0 Å². The third kappa shape index (κ3) is 7.41. The number of hydrogen-bond donors (Lipinski definition) is 2. The minimum Gasteiger partial charge on any atom is -0.778 e. The van der Waals surface area contributed by atoms with Crippen LogP contribution in [-0.2, 0) is 64.4 Å². The monoisotopic (exact) mass is 468 g/mol. The number of benzene rings is 2. The molecule has 0 amide bonds. The third-order valence-electron chi connectivity index (χ3n) is 2.82. The molecular formula is C14H16N2O4S4Zn. The maximum Gasteiger partial charge on any atom is 2.00 e. The van der Waals surface area contributed by atoms with Gasteiger partial charge in [-0.25, -0.2) is 16.8 Å². The van der Waals surface area contributed by atoms with Gasteiger partial charge in [0.15, 0.2) is 19.7 Å². The van der Waals surface area contributed by atoms with Crippen molar-refractivity contribution in [3.05, 3.63) is 36.4 Å². The molecule has 0 heterocycles. The second-order valence-electron chi connectivity index (χ2n) is 4.94. The summed E-state index contributed by atoms with van der Waals surface area (Å²) < 4.78 is 44.0. The minimum absolute atomic E-state index is 0. The SMILES string of the molecule is CS(=O)(=O)c1ccc([S-])c(N)c1.CS(=O)(=O)c1ccc([S-])c(N)c1.[Zn+2]. The number of sulfone groups is 2. The molecule has 0 fully saturated rings. The smallest absolute Gasteiger partial charge is 0.778 e. The first-order chi connectivity index (χ1) is 10.8. The van der Waals surface area contributed by atoms with Crippen LogP contribution in [0.1, 0.15) is 0 Å². The molecule has 0 aliphatic carbocycles. The molecule has 25 heavy (non-hydrogen) atoms. The zero-order valence-corrected chi connectivity index (χ0v) is 19.8. The van der Waals surface area contributed by atoms with Gasteiger partial charge in [0.1, 0.15) is 0 Å². The summed E-state index contributed by atoms with van der Waals surface area (Å²) in [5, 5.41) is 0. The fraction of sp³-hybridized carbons (Fsp3) is 0.143. The third-order valence-corrected chi connectivity index (χ3v) is 5.78. The van der Waals surface area contributed by atoms with E-state index in [1.54, 1.807) is 0 Å². The summed E-state index contributed by atoms with van der Waals surface area (Å²) in [6, 6.07) is 8.68. The predicted octanol–water partition coefficient (Wildman–Crippen LogP) is 1.15. The Hall–Kier alpha value is -0.997. The fourth-order valence-electron chi connectivity index (χ4n) is 1.51. The van der Waals surface area contributed by atoms with E-state index < -0.39 is 19.7 Å². The summed E-state index contributed by atoms with van der Waals surface area (Å²) in [7, 11) is -6.34. The molecule has 0 radical (unpaired) electrons. The van der Waals surface area contributed by atoms with Gasteiger partial charge in [-0.2, -0.15) is 9.79 Å². The molecule has 2 aromatic carbocycles. The van der Waals surface area contributed by atoms with Crippen LogP contribution in [0, 0.1) is 0 Å². The van der Waals surface area contributed by atoms with Crippen LogP contribution in [-0.4, -0.2) is 29.3 Å². The van der Waals surface area contributed by atoms with Gasteiger partial charge in [-0.3, -0.25) is 0 Å². The van der Waals surface area contributed by atoms with E-state index in [2.05, 4.69) is 0 Å². The van der Waals surface area contributed by atoms with Crippen molar-refractivity contribution in [3.8, 4) is 0 Å². The van der Waals surface area contributed by atoms with Crippen LogP contribution in [0.3, 0.4) is 0 Å². The fourth-order valence-corrected chi connectivity index (χ4v) is 3.08. The molecule has 0 saturated carbocycles. The van der Waals surface area contributed by atoms with Crippen LogP contribution in [0.5, 0.6) is 0 Å². The van der Waals surface area contributed by atoms with Gasteiger partial charge in [-0.05, 0) is 24.3 Å².